The lowest BCUT2D eigenvalue weighted by atomic mass is 10.1. The first-order valence-electron chi connectivity index (χ1n) is 5.90. The quantitative estimate of drug-likeness (QED) is 0.884. The monoisotopic (exact) mass is 278 g/mol. The molecule has 2 rings (SSSR count). The van der Waals surface area contributed by atoms with Gasteiger partial charge in [0, 0.05) is 24.9 Å². The van der Waals surface area contributed by atoms with E-state index in [-0.39, 0.29) is 12.0 Å². The molecule has 100 valence electrons. The van der Waals surface area contributed by atoms with E-state index < -0.39 is 0 Å². The van der Waals surface area contributed by atoms with Gasteiger partial charge in [-0.15, -0.1) is 0 Å². The van der Waals surface area contributed by atoms with Crippen molar-refractivity contribution in [3.63, 3.8) is 0 Å². The molecule has 0 aliphatic heterocycles. The highest BCUT2D eigenvalue weighted by atomic mass is 35.5. The van der Waals surface area contributed by atoms with Crippen molar-refractivity contribution >= 4 is 17.5 Å². The summed E-state index contributed by atoms with van der Waals surface area (Å²) in [6.45, 7) is 0.384. The number of methoxy groups -OCH3 is 1. The number of benzene rings is 1. The zero-order valence-corrected chi connectivity index (χ0v) is 11.3. The number of nitrogens with one attached hydrogen (secondary N) is 2. The molecule has 0 fully saturated rings. The molecule has 0 aliphatic carbocycles. The number of hydrogen-bond donors (Lipinski definition) is 2. The average Bonchev–Trinajstić information content (AvgIpc) is 2.93. The second kappa shape index (κ2) is 6.41. The number of amides is 1. The smallest absolute Gasteiger partial charge is 0.267 e. The number of hydrogen-bond acceptors (Lipinski definition) is 2. The summed E-state index contributed by atoms with van der Waals surface area (Å²) in [6, 6.07) is 10.9. The van der Waals surface area contributed by atoms with Crippen molar-refractivity contribution in [3.8, 4) is 0 Å². The molecule has 5 heteroatoms. The van der Waals surface area contributed by atoms with Gasteiger partial charge in [0.05, 0.1) is 6.10 Å². The maximum absolute atomic E-state index is 11.8. The number of aromatic amines is 1. The van der Waals surface area contributed by atoms with Crippen LogP contribution in [0.5, 0.6) is 0 Å². The third-order valence-corrected chi connectivity index (χ3v) is 3.03. The van der Waals surface area contributed by atoms with Crippen LogP contribution >= 0.6 is 11.6 Å². The number of rotatable bonds is 5. The van der Waals surface area contributed by atoms with Crippen LogP contribution in [0, 0.1) is 0 Å². The molecule has 2 aromatic rings. The first-order chi connectivity index (χ1) is 9.20. The van der Waals surface area contributed by atoms with Gasteiger partial charge in [0.15, 0.2) is 0 Å². The molecule has 0 unspecified atom stereocenters. The topological polar surface area (TPSA) is 54.1 Å². The summed E-state index contributed by atoms with van der Waals surface area (Å²) < 4.78 is 5.38. The molecule has 0 saturated carbocycles. The highest BCUT2D eigenvalue weighted by molar-refractivity contribution is 6.30. The Labute approximate surface area is 116 Å². The fourth-order valence-electron chi connectivity index (χ4n) is 1.80. The summed E-state index contributed by atoms with van der Waals surface area (Å²) >= 11 is 5.94. The molecule has 0 spiro atoms. The van der Waals surface area contributed by atoms with Crippen LogP contribution in [-0.2, 0) is 4.74 Å². The zero-order valence-electron chi connectivity index (χ0n) is 10.5. The molecule has 0 saturated heterocycles. The van der Waals surface area contributed by atoms with E-state index in [2.05, 4.69) is 10.3 Å². The minimum absolute atomic E-state index is 0.158. The Balaban J connectivity index is 1.98. The summed E-state index contributed by atoms with van der Waals surface area (Å²) in [7, 11) is 1.60. The molecule has 19 heavy (non-hydrogen) atoms. The predicted octanol–water partition coefficient (Wildman–Crippen LogP) is 2.79. The van der Waals surface area contributed by atoms with Crippen molar-refractivity contribution in [2.24, 2.45) is 0 Å². The van der Waals surface area contributed by atoms with Gasteiger partial charge in [-0.1, -0.05) is 23.7 Å². The number of H-pyrrole nitrogens is 1. The Kier molecular flexibility index (Phi) is 4.60. The van der Waals surface area contributed by atoms with Crippen LogP contribution in [0.4, 0.5) is 0 Å². The molecule has 1 aromatic carbocycles. The van der Waals surface area contributed by atoms with E-state index in [1.54, 1.807) is 31.5 Å². The number of carbonyl (C=O) groups is 1. The highest BCUT2D eigenvalue weighted by Gasteiger charge is 2.13. The van der Waals surface area contributed by atoms with Gasteiger partial charge in [0.1, 0.15) is 5.69 Å². The Morgan fingerprint density at radius 3 is 2.89 bits per heavy atom. The van der Waals surface area contributed by atoms with Crippen LogP contribution in [-0.4, -0.2) is 24.5 Å². The number of carbonyl (C=O) groups excluding carboxylic acids is 1. The van der Waals surface area contributed by atoms with Crippen LogP contribution in [0.15, 0.2) is 42.6 Å². The Bertz CT molecular complexity index is 540. The van der Waals surface area contributed by atoms with Crippen molar-refractivity contribution in [2.45, 2.75) is 6.10 Å². The Morgan fingerprint density at radius 2 is 2.26 bits per heavy atom. The van der Waals surface area contributed by atoms with E-state index in [0.717, 1.165) is 5.56 Å². The normalized spacial score (nSPS) is 12.1. The molecule has 2 N–H and O–H groups in total. The van der Waals surface area contributed by atoms with Crippen LogP contribution in [0.3, 0.4) is 0 Å². The van der Waals surface area contributed by atoms with Gasteiger partial charge >= 0.3 is 0 Å². The minimum Gasteiger partial charge on any atom is -0.375 e. The maximum Gasteiger partial charge on any atom is 0.267 e. The largest absolute Gasteiger partial charge is 0.375 e. The first-order valence-corrected chi connectivity index (χ1v) is 6.28. The maximum atomic E-state index is 11.8. The average molecular weight is 279 g/mol. The number of halogens is 1. The van der Waals surface area contributed by atoms with E-state index in [9.17, 15) is 4.79 Å². The lowest BCUT2D eigenvalue weighted by molar-refractivity contribution is 0.0824. The molecular weight excluding hydrogens is 264 g/mol. The number of aromatic nitrogens is 1. The molecule has 4 nitrogen and oxygen atoms in total. The van der Waals surface area contributed by atoms with E-state index in [0.29, 0.717) is 17.3 Å². The summed E-state index contributed by atoms with van der Waals surface area (Å²) in [5.41, 5.74) is 1.46. The van der Waals surface area contributed by atoms with Crippen LogP contribution < -0.4 is 5.32 Å². The molecule has 0 bridgehead atoms. The lowest BCUT2D eigenvalue weighted by Gasteiger charge is -2.16. The van der Waals surface area contributed by atoms with Crippen LogP contribution in [0.25, 0.3) is 0 Å². The molecule has 0 radical (unpaired) electrons. The van der Waals surface area contributed by atoms with Crippen LogP contribution in [0.1, 0.15) is 22.2 Å². The summed E-state index contributed by atoms with van der Waals surface area (Å²) in [5, 5.41) is 3.46. The van der Waals surface area contributed by atoms with E-state index in [4.69, 9.17) is 16.3 Å². The van der Waals surface area contributed by atoms with Gasteiger partial charge in [0.2, 0.25) is 0 Å². The fraction of sp³-hybridized carbons (Fsp3) is 0.214. The summed E-state index contributed by atoms with van der Waals surface area (Å²) in [6.07, 6.45) is 1.48. The zero-order chi connectivity index (χ0) is 13.7. The van der Waals surface area contributed by atoms with Crippen molar-refractivity contribution in [1.29, 1.82) is 0 Å². The predicted molar refractivity (Wildman–Crippen MR) is 74.3 cm³/mol. The lowest BCUT2D eigenvalue weighted by Crippen LogP contribution is -2.29. The third-order valence-electron chi connectivity index (χ3n) is 2.80. The van der Waals surface area contributed by atoms with E-state index >= 15 is 0 Å². The molecule has 1 aromatic heterocycles. The number of ether oxygens (including phenoxy) is 1. The first kappa shape index (κ1) is 13.6. The van der Waals surface area contributed by atoms with Crippen LogP contribution in [0.2, 0.25) is 5.02 Å². The van der Waals surface area contributed by atoms with Gasteiger partial charge in [-0.3, -0.25) is 4.79 Å². The molecular formula is C14H15ClN2O2. The molecule has 1 atom stereocenters. The second-order valence-corrected chi connectivity index (χ2v) is 4.51. The molecule has 1 amide bonds. The van der Waals surface area contributed by atoms with E-state index in [1.165, 1.54) is 0 Å². The Morgan fingerprint density at radius 1 is 1.42 bits per heavy atom. The molecule has 0 aliphatic rings. The summed E-state index contributed by atoms with van der Waals surface area (Å²) in [4.78, 5) is 14.7. The van der Waals surface area contributed by atoms with Gasteiger partial charge in [-0.2, -0.15) is 0 Å². The minimum atomic E-state index is -0.224. The standard InChI is InChI=1S/C14H15ClN2O2/c1-19-13(10-4-2-5-11(15)8-10)9-17-14(18)12-6-3-7-16-12/h2-8,13,16H,9H2,1H3,(H,17,18)/t13-/m0/s1. The van der Waals surface area contributed by atoms with Crippen molar-refractivity contribution in [2.75, 3.05) is 13.7 Å². The van der Waals surface area contributed by atoms with E-state index in [1.807, 2.05) is 18.2 Å². The van der Waals surface area contributed by atoms with Gasteiger partial charge in [-0.05, 0) is 29.8 Å². The fourth-order valence-corrected chi connectivity index (χ4v) is 2.00. The molecule has 1 heterocycles. The van der Waals surface area contributed by atoms with Gasteiger partial charge in [0.25, 0.3) is 5.91 Å². The van der Waals surface area contributed by atoms with Crippen molar-refractivity contribution < 1.29 is 9.53 Å². The SMILES string of the molecule is CO[C@@H](CNC(=O)c1ccc[nH]1)c1cccc(Cl)c1. The van der Waals surface area contributed by atoms with Gasteiger partial charge < -0.3 is 15.0 Å². The second-order valence-electron chi connectivity index (χ2n) is 4.07. The summed E-state index contributed by atoms with van der Waals surface area (Å²) in [5.74, 6) is -0.158. The highest BCUT2D eigenvalue weighted by Crippen LogP contribution is 2.19. The third kappa shape index (κ3) is 3.59. The van der Waals surface area contributed by atoms with Crippen molar-refractivity contribution in [3.05, 3.63) is 58.9 Å². The van der Waals surface area contributed by atoms with Crippen molar-refractivity contribution in [1.82, 2.24) is 10.3 Å². The van der Waals surface area contributed by atoms with Gasteiger partial charge in [-0.25, -0.2) is 0 Å². The Hall–Kier alpha value is -1.78.